The molecule has 2 unspecified atom stereocenters. The van der Waals surface area contributed by atoms with Gasteiger partial charge in [-0.15, -0.1) is 0 Å². The predicted octanol–water partition coefficient (Wildman–Crippen LogP) is 2.55. The Kier molecular flexibility index (Phi) is 3.85. The number of hydrogen-bond acceptors (Lipinski definition) is 3. The van der Waals surface area contributed by atoms with Crippen LogP contribution in [-0.4, -0.2) is 40.4 Å². The number of carbonyl (C=O) groups is 1. The molecule has 1 saturated carbocycles. The van der Waals surface area contributed by atoms with E-state index in [2.05, 4.69) is 0 Å². The van der Waals surface area contributed by atoms with Gasteiger partial charge < -0.3 is 14.7 Å². The molecule has 0 bridgehead atoms. The van der Waals surface area contributed by atoms with E-state index in [4.69, 9.17) is 4.74 Å². The van der Waals surface area contributed by atoms with Gasteiger partial charge in [0, 0.05) is 6.54 Å². The SMILES string of the molecule is CC(C)(C)OC(=O)N1CCCCC1C(O)C1CC1. The maximum absolute atomic E-state index is 12.2. The van der Waals surface area contributed by atoms with Crippen molar-refractivity contribution in [2.75, 3.05) is 6.54 Å². The minimum absolute atomic E-state index is 0.0406. The van der Waals surface area contributed by atoms with E-state index in [1.165, 1.54) is 0 Å². The highest BCUT2D eigenvalue weighted by molar-refractivity contribution is 5.68. The number of ether oxygens (including phenoxy) is 1. The van der Waals surface area contributed by atoms with Crippen molar-refractivity contribution in [3.8, 4) is 0 Å². The molecule has 0 spiro atoms. The molecule has 0 aromatic rings. The molecule has 1 amide bonds. The Morgan fingerprint density at radius 1 is 1.28 bits per heavy atom. The summed E-state index contributed by atoms with van der Waals surface area (Å²) < 4.78 is 5.43. The maximum atomic E-state index is 12.2. The number of aliphatic hydroxyl groups excluding tert-OH is 1. The Labute approximate surface area is 109 Å². The number of rotatable bonds is 2. The number of amides is 1. The van der Waals surface area contributed by atoms with E-state index >= 15 is 0 Å². The lowest BCUT2D eigenvalue weighted by Crippen LogP contribution is -2.51. The fourth-order valence-corrected chi connectivity index (χ4v) is 2.61. The minimum atomic E-state index is -0.469. The molecule has 0 aromatic heterocycles. The van der Waals surface area contributed by atoms with Crippen LogP contribution in [0, 0.1) is 5.92 Å². The van der Waals surface area contributed by atoms with Gasteiger partial charge in [-0.3, -0.25) is 0 Å². The van der Waals surface area contributed by atoms with Crippen LogP contribution in [0.25, 0.3) is 0 Å². The van der Waals surface area contributed by atoms with Crippen LogP contribution in [0.5, 0.6) is 0 Å². The lowest BCUT2D eigenvalue weighted by atomic mass is 9.95. The van der Waals surface area contributed by atoms with Crippen LogP contribution in [0.4, 0.5) is 4.79 Å². The van der Waals surface area contributed by atoms with Crippen molar-refractivity contribution in [1.82, 2.24) is 4.90 Å². The smallest absolute Gasteiger partial charge is 0.410 e. The van der Waals surface area contributed by atoms with Gasteiger partial charge in [-0.2, -0.15) is 0 Å². The third-order valence-electron chi connectivity index (χ3n) is 3.68. The summed E-state index contributed by atoms with van der Waals surface area (Å²) in [7, 11) is 0. The van der Waals surface area contributed by atoms with Crippen molar-refractivity contribution < 1.29 is 14.6 Å². The summed E-state index contributed by atoms with van der Waals surface area (Å²) in [4.78, 5) is 13.9. The van der Waals surface area contributed by atoms with Crippen LogP contribution < -0.4 is 0 Å². The Hall–Kier alpha value is -0.770. The fourth-order valence-electron chi connectivity index (χ4n) is 2.61. The Balaban J connectivity index is 2.00. The fraction of sp³-hybridized carbons (Fsp3) is 0.929. The van der Waals surface area contributed by atoms with Gasteiger partial charge in [-0.1, -0.05) is 0 Å². The van der Waals surface area contributed by atoms with E-state index in [1.807, 2.05) is 20.8 Å². The summed E-state index contributed by atoms with van der Waals surface area (Å²) in [5.74, 6) is 0.401. The zero-order valence-electron chi connectivity index (χ0n) is 11.7. The first-order valence-electron chi connectivity index (χ1n) is 7.06. The van der Waals surface area contributed by atoms with Crippen molar-refractivity contribution in [1.29, 1.82) is 0 Å². The second kappa shape index (κ2) is 5.08. The average Bonchev–Trinajstić information content (AvgIpc) is 3.09. The first kappa shape index (κ1) is 13.7. The van der Waals surface area contributed by atoms with Crippen LogP contribution in [0.1, 0.15) is 52.9 Å². The lowest BCUT2D eigenvalue weighted by Gasteiger charge is -2.39. The van der Waals surface area contributed by atoms with Gasteiger partial charge in [0.25, 0.3) is 0 Å². The van der Waals surface area contributed by atoms with Gasteiger partial charge in [0.15, 0.2) is 0 Å². The molecule has 4 heteroatoms. The van der Waals surface area contributed by atoms with E-state index in [0.29, 0.717) is 12.5 Å². The van der Waals surface area contributed by atoms with Crippen LogP contribution in [0.15, 0.2) is 0 Å². The molecule has 1 saturated heterocycles. The molecule has 0 radical (unpaired) electrons. The van der Waals surface area contributed by atoms with Gasteiger partial charge >= 0.3 is 6.09 Å². The number of carbonyl (C=O) groups excluding carboxylic acids is 1. The summed E-state index contributed by atoms with van der Waals surface area (Å²) in [5, 5.41) is 10.3. The highest BCUT2D eigenvalue weighted by Crippen LogP contribution is 2.37. The molecule has 2 fully saturated rings. The number of nitrogens with zero attached hydrogens (tertiary/aromatic N) is 1. The van der Waals surface area contributed by atoms with E-state index in [1.54, 1.807) is 4.90 Å². The average molecular weight is 255 g/mol. The zero-order chi connectivity index (χ0) is 13.3. The monoisotopic (exact) mass is 255 g/mol. The molecule has 4 nitrogen and oxygen atoms in total. The molecule has 2 rings (SSSR count). The highest BCUT2D eigenvalue weighted by atomic mass is 16.6. The Morgan fingerprint density at radius 3 is 2.50 bits per heavy atom. The molecule has 1 aliphatic heterocycles. The van der Waals surface area contributed by atoms with Crippen LogP contribution in [0.2, 0.25) is 0 Å². The summed E-state index contributed by atoms with van der Waals surface area (Å²) in [5.41, 5.74) is -0.469. The van der Waals surface area contributed by atoms with Crippen LogP contribution in [0.3, 0.4) is 0 Å². The summed E-state index contributed by atoms with van der Waals surface area (Å²) in [6.07, 6.45) is 4.56. The topological polar surface area (TPSA) is 49.8 Å². The predicted molar refractivity (Wildman–Crippen MR) is 69.3 cm³/mol. The molecule has 18 heavy (non-hydrogen) atoms. The van der Waals surface area contributed by atoms with Gasteiger partial charge in [-0.25, -0.2) is 4.79 Å². The maximum Gasteiger partial charge on any atom is 0.410 e. The minimum Gasteiger partial charge on any atom is -0.444 e. The molecule has 2 aliphatic rings. The Morgan fingerprint density at radius 2 is 1.94 bits per heavy atom. The summed E-state index contributed by atoms with van der Waals surface area (Å²) >= 11 is 0. The zero-order valence-corrected chi connectivity index (χ0v) is 11.7. The third-order valence-corrected chi connectivity index (χ3v) is 3.68. The van der Waals surface area contributed by atoms with Gasteiger partial charge in [0.05, 0.1) is 12.1 Å². The highest BCUT2D eigenvalue weighted by Gasteiger charge is 2.41. The summed E-state index contributed by atoms with van der Waals surface area (Å²) in [6, 6.07) is -0.0406. The number of piperidine rings is 1. The number of hydrogen-bond donors (Lipinski definition) is 1. The Bertz CT molecular complexity index is 307. The van der Waals surface area contributed by atoms with Crippen molar-refractivity contribution >= 4 is 6.09 Å². The largest absolute Gasteiger partial charge is 0.444 e. The van der Waals surface area contributed by atoms with Crippen molar-refractivity contribution in [3.63, 3.8) is 0 Å². The molecule has 1 heterocycles. The van der Waals surface area contributed by atoms with Crippen LogP contribution >= 0.6 is 0 Å². The van der Waals surface area contributed by atoms with Crippen molar-refractivity contribution in [3.05, 3.63) is 0 Å². The van der Waals surface area contributed by atoms with E-state index in [0.717, 1.165) is 32.1 Å². The molecular weight excluding hydrogens is 230 g/mol. The van der Waals surface area contributed by atoms with E-state index in [9.17, 15) is 9.90 Å². The first-order chi connectivity index (χ1) is 8.38. The standard InChI is InChI=1S/C14H25NO3/c1-14(2,3)18-13(17)15-9-5-4-6-11(15)12(16)10-7-8-10/h10-12,16H,4-9H2,1-3H3. The van der Waals surface area contributed by atoms with E-state index < -0.39 is 5.60 Å². The lowest BCUT2D eigenvalue weighted by molar-refractivity contribution is -0.0211. The quantitative estimate of drug-likeness (QED) is 0.825. The summed E-state index contributed by atoms with van der Waals surface area (Å²) in [6.45, 7) is 6.34. The molecule has 2 atom stereocenters. The van der Waals surface area contributed by atoms with Crippen molar-refractivity contribution in [2.45, 2.75) is 70.6 Å². The second-order valence-electron chi connectivity index (χ2n) is 6.56. The van der Waals surface area contributed by atoms with Crippen molar-refractivity contribution in [2.24, 2.45) is 5.92 Å². The van der Waals surface area contributed by atoms with Crippen LogP contribution in [-0.2, 0) is 4.74 Å². The molecule has 104 valence electrons. The van der Waals surface area contributed by atoms with Gasteiger partial charge in [-0.05, 0) is 58.8 Å². The van der Waals surface area contributed by atoms with Gasteiger partial charge in [0.2, 0.25) is 0 Å². The normalized spacial score (nSPS) is 26.9. The molecule has 1 N–H and O–H groups in total. The molecule has 0 aromatic carbocycles. The number of aliphatic hydroxyl groups is 1. The third kappa shape index (κ3) is 3.37. The molecular formula is C14H25NO3. The van der Waals surface area contributed by atoms with Gasteiger partial charge in [0.1, 0.15) is 5.60 Å². The van der Waals surface area contributed by atoms with E-state index in [-0.39, 0.29) is 18.2 Å². The number of likely N-dealkylation sites (tertiary alicyclic amines) is 1. The second-order valence-corrected chi connectivity index (χ2v) is 6.56. The molecule has 1 aliphatic carbocycles. The first-order valence-corrected chi connectivity index (χ1v) is 7.06.